The molecule has 0 aliphatic rings. The van der Waals surface area contributed by atoms with Gasteiger partial charge < -0.3 is 10.6 Å². The lowest BCUT2D eigenvalue weighted by molar-refractivity contribution is -0.120. The maximum atomic E-state index is 12.3. The quantitative estimate of drug-likeness (QED) is 0.601. The highest BCUT2D eigenvalue weighted by Gasteiger charge is 2.14. The van der Waals surface area contributed by atoms with Gasteiger partial charge in [-0.2, -0.15) is 0 Å². The van der Waals surface area contributed by atoms with Crippen LogP contribution < -0.4 is 15.5 Å². The van der Waals surface area contributed by atoms with Gasteiger partial charge in [0.25, 0.3) is 5.91 Å². The average Bonchev–Trinajstić information content (AvgIpc) is 2.73. The van der Waals surface area contributed by atoms with E-state index in [2.05, 4.69) is 10.6 Å². The van der Waals surface area contributed by atoms with Gasteiger partial charge in [-0.3, -0.25) is 19.3 Å². The molecule has 3 amide bonds. The summed E-state index contributed by atoms with van der Waals surface area (Å²) in [5.74, 6) is -0.154. The number of benzene rings is 2. The first-order valence-corrected chi connectivity index (χ1v) is 9.97. The Balaban J connectivity index is 1.82. The van der Waals surface area contributed by atoms with E-state index >= 15 is 0 Å². The lowest BCUT2D eigenvalue weighted by atomic mass is 10.1. The number of unbranched alkanes of at least 4 members (excludes halogenated alkanes) is 3. The maximum absolute atomic E-state index is 12.3. The highest BCUT2D eigenvalue weighted by Crippen LogP contribution is 2.25. The van der Waals surface area contributed by atoms with E-state index in [9.17, 15) is 14.4 Å². The van der Waals surface area contributed by atoms with Crippen LogP contribution in [0.1, 0.15) is 49.4 Å². The summed E-state index contributed by atoms with van der Waals surface area (Å²) in [5.41, 5.74) is 2.06. The fourth-order valence-electron chi connectivity index (χ4n) is 3.04. The lowest BCUT2D eigenvalue weighted by Gasteiger charge is -2.21. The van der Waals surface area contributed by atoms with E-state index in [1.165, 1.54) is 6.92 Å². The topological polar surface area (TPSA) is 78.5 Å². The van der Waals surface area contributed by atoms with Crippen molar-refractivity contribution in [2.75, 3.05) is 18.5 Å². The summed E-state index contributed by atoms with van der Waals surface area (Å²) in [6, 6.07) is 16.4. The molecule has 0 aliphatic carbocycles. The molecular weight excluding hydrogens is 366 g/mol. The molecule has 0 saturated heterocycles. The second-order valence-corrected chi connectivity index (χ2v) is 6.83. The van der Waals surface area contributed by atoms with Gasteiger partial charge in [-0.1, -0.05) is 31.0 Å². The van der Waals surface area contributed by atoms with Crippen molar-refractivity contribution in [1.29, 1.82) is 0 Å². The molecular formula is C23H29N3O3. The molecule has 0 unspecified atom stereocenters. The van der Waals surface area contributed by atoms with E-state index in [1.807, 2.05) is 30.3 Å². The van der Waals surface area contributed by atoms with Crippen molar-refractivity contribution in [3.05, 3.63) is 60.2 Å². The zero-order chi connectivity index (χ0) is 21.1. The van der Waals surface area contributed by atoms with Crippen LogP contribution in [-0.2, 0) is 9.59 Å². The SMILES string of the molecule is CNC(=O)CCCCCCNC(=O)c1ccc(N(C(C)=O)c2ccccc2)cc1. The third kappa shape index (κ3) is 7.07. The molecule has 2 N–H and O–H groups in total. The zero-order valence-electron chi connectivity index (χ0n) is 17.1. The van der Waals surface area contributed by atoms with Gasteiger partial charge in [-0.25, -0.2) is 0 Å². The number of anilines is 2. The van der Waals surface area contributed by atoms with Gasteiger partial charge in [0.1, 0.15) is 0 Å². The highest BCUT2D eigenvalue weighted by atomic mass is 16.2. The first-order chi connectivity index (χ1) is 14.0. The number of carbonyl (C=O) groups excluding carboxylic acids is 3. The third-order valence-corrected chi connectivity index (χ3v) is 4.61. The molecule has 0 bridgehead atoms. The second-order valence-electron chi connectivity index (χ2n) is 6.83. The van der Waals surface area contributed by atoms with E-state index in [0.717, 1.165) is 37.1 Å². The minimum absolute atomic E-state index is 0.0670. The van der Waals surface area contributed by atoms with Crippen LogP contribution in [0.25, 0.3) is 0 Å². The van der Waals surface area contributed by atoms with Crippen LogP contribution in [0, 0.1) is 0 Å². The fraction of sp³-hybridized carbons (Fsp3) is 0.348. The second kappa shape index (κ2) is 11.6. The largest absolute Gasteiger partial charge is 0.359 e. The average molecular weight is 396 g/mol. The number of rotatable bonds is 10. The minimum atomic E-state index is -0.129. The summed E-state index contributed by atoms with van der Waals surface area (Å²) in [4.78, 5) is 37.1. The molecule has 0 atom stereocenters. The van der Waals surface area contributed by atoms with Crippen LogP contribution in [-0.4, -0.2) is 31.3 Å². The van der Waals surface area contributed by atoms with Gasteiger partial charge in [-0.15, -0.1) is 0 Å². The molecule has 2 aromatic rings. The van der Waals surface area contributed by atoms with Crippen molar-refractivity contribution in [2.45, 2.75) is 39.0 Å². The molecule has 0 saturated carbocycles. The van der Waals surface area contributed by atoms with E-state index in [-0.39, 0.29) is 17.7 Å². The Bertz CT molecular complexity index is 804. The van der Waals surface area contributed by atoms with Crippen molar-refractivity contribution in [2.24, 2.45) is 0 Å². The van der Waals surface area contributed by atoms with Gasteiger partial charge in [0.2, 0.25) is 11.8 Å². The van der Waals surface area contributed by atoms with Crippen LogP contribution in [0.2, 0.25) is 0 Å². The molecule has 2 aromatic carbocycles. The number of hydrogen-bond donors (Lipinski definition) is 2. The molecule has 6 nitrogen and oxygen atoms in total. The van der Waals surface area contributed by atoms with Crippen LogP contribution in [0.3, 0.4) is 0 Å². The van der Waals surface area contributed by atoms with Crippen molar-refractivity contribution in [3.63, 3.8) is 0 Å². The van der Waals surface area contributed by atoms with Gasteiger partial charge in [0.15, 0.2) is 0 Å². The Hall–Kier alpha value is -3.15. The number of para-hydroxylation sites is 1. The van der Waals surface area contributed by atoms with Crippen LogP contribution in [0.4, 0.5) is 11.4 Å². The summed E-state index contributed by atoms with van der Waals surface area (Å²) in [6.45, 7) is 2.12. The number of amides is 3. The summed E-state index contributed by atoms with van der Waals surface area (Å²) >= 11 is 0. The zero-order valence-corrected chi connectivity index (χ0v) is 17.1. The Kier molecular flexibility index (Phi) is 8.89. The van der Waals surface area contributed by atoms with Crippen LogP contribution in [0.15, 0.2) is 54.6 Å². The van der Waals surface area contributed by atoms with Gasteiger partial charge >= 0.3 is 0 Å². The van der Waals surface area contributed by atoms with Crippen molar-refractivity contribution in [3.8, 4) is 0 Å². The summed E-state index contributed by atoms with van der Waals surface area (Å²) in [5, 5.41) is 5.52. The summed E-state index contributed by atoms with van der Waals surface area (Å²) < 4.78 is 0. The Morgan fingerprint density at radius 1 is 0.828 bits per heavy atom. The summed E-state index contributed by atoms with van der Waals surface area (Å²) in [6.07, 6.45) is 4.24. The first kappa shape index (κ1) is 22.1. The van der Waals surface area contributed by atoms with E-state index in [4.69, 9.17) is 0 Å². The number of nitrogens with zero attached hydrogens (tertiary/aromatic N) is 1. The molecule has 0 heterocycles. The van der Waals surface area contributed by atoms with Crippen LogP contribution in [0.5, 0.6) is 0 Å². The molecule has 0 fully saturated rings. The predicted octanol–water partition coefficient (Wildman–Crippen LogP) is 3.80. The normalized spacial score (nSPS) is 10.3. The standard InChI is InChI=1S/C23H29N3O3/c1-18(27)26(20-10-6-5-7-11-20)21-15-13-19(14-16-21)23(29)25-17-9-4-3-8-12-22(28)24-2/h5-7,10-11,13-16H,3-4,8-9,12,17H2,1-2H3,(H,24,28)(H,25,29). The Morgan fingerprint density at radius 2 is 1.45 bits per heavy atom. The van der Waals surface area contributed by atoms with E-state index in [1.54, 1.807) is 36.2 Å². The summed E-state index contributed by atoms with van der Waals surface area (Å²) in [7, 11) is 1.64. The van der Waals surface area contributed by atoms with Crippen LogP contribution >= 0.6 is 0 Å². The molecule has 0 radical (unpaired) electrons. The molecule has 154 valence electrons. The first-order valence-electron chi connectivity index (χ1n) is 9.97. The molecule has 0 aromatic heterocycles. The van der Waals surface area contributed by atoms with Crippen molar-refractivity contribution in [1.82, 2.24) is 10.6 Å². The number of carbonyl (C=O) groups is 3. The lowest BCUT2D eigenvalue weighted by Crippen LogP contribution is -2.25. The molecule has 2 rings (SSSR count). The Labute approximate surface area is 172 Å². The van der Waals surface area contributed by atoms with Gasteiger partial charge in [0.05, 0.1) is 0 Å². The molecule has 0 spiro atoms. The predicted molar refractivity (Wildman–Crippen MR) is 115 cm³/mol. The highest BCUT2D eigenvalue weighted by molar-refractivity contribution is 6.00. The minimum Gasteiger partial charge on any atom is -0.359 e. The maximum Gasteiger partial charge on any atom is 0.251 e. The third-order valence-electron chi connectivity index (χ3n) is 4.61. The number of nitrogens with one attached hydrogen (secondary N) is 2. The van der Waals surface area contributed by atoms with Gasteiger partial charge in [-0.05, 0) is 49.2 Å². The fourth-order valence-corrected chi connectivity index (χ4v) is 3.04. The molecule has 0 aliphatic heterocycles. The van der Waals surface area contributed by atoms with Crippen molar-refractivity contribution >= 4 is 29.1 Å². The monoisotopic (exact) mass is 395 g/mol. The Morgan fingerprint density at radius 3 is 2.07 bits per heavy atom. The molecule has 6 heteroatoms. The van der Waals surface area contributed by atoms with Gasteiger partial charge in [0, 0.05) is 43.9 Å². The number of hydrogen-bond acceptors (Lipinski definition) is 3. The van der Waals surface area contributed by atoms with Crippen molar-refractivity contribution < 1.29 is 14.4 Å². The van der Waals surface area contributed by atoms with E-state index in [0.29, 0.717) is 18.5 Å². The smallest absolute Gasteiger partial charge is 0.251 e. The van der Waals surface area contributed by atoms with E-state index < -0.39 is 0 Å². The molecule has 29 heavy (non-hydrogen) atoms.